The Morgan fingerprint density at radius 1 is 1.07 bits per heavy atom. The molecule has 2 aliphatic heterocycles. The van der Waals surface area contributed by atoms with Crippen LogP contribution >= 0.6 is 0 Å². The molecule has 1 fully saturated rings. The molecule has 0 aliphatic carbocycles. The van der Waals surface area contributed by atoms with E-state index in [-0.39, 0.29) is 0 Å². The van der Waals surface area contributed by atoms with Crippen molar-refractivity contribution in [3.8, 4) is 0 Å². The molecule has 4 rings (SSSR count). The van der Waals surface area contributed by atoms with Crippen molar-refractivity contribution in [3.05, 3.63) is 53.3 Å². The zero-order valence-electron chi connectivity index (χ0n) is 18.1. The van der Waals surface area contributed by atoms with Crippen LogP contribution in [0.3, 0.4) is 0 Å². The van der Waals surface area contributed by atoms with Crippen molar-refractivity contribution in [2.45, 2.75) is 52.2 Å². The first-order valence-electron chi connectivity index (χ1n) is 9.94. The smallest absolute Gasteiger partial charge is 0.399 e. The van der Waals surface area contributed by atoms with E-state index in [0.717, 1.165) is 11.0 Å². The van der Waals surface area contributed by atoms with Gasteiger partial charge in [0.2, 0.25) is 6.35 Å². The number of benzene rings is 2. The van der Waals surface area contributed by atoms with Gasteiger partial charge in [-0.3, -0.25) is 9.69 Å². The second kappa shape index (κ2) is 6.80. The minimum absolute atomic E-state index is 0.324. The monoisotopic (exact) mass is 412 g/mol. The lowest BCUT2D eigenvalue weighted by Crippen LogP contribution is -2.55. The van der Waals surface area contributed by atoms with E-state index in [9.17, 15) is 14.3 Å². The molecule has 0 bridgehead atoms. The van der Waals surface area contributed by atoms with Gasteiger partial charge in [-0.15, -0.1) is 0 Å². The van der Waals surface area contributed by atoms with Crippen LogP contribution in [-0.2, 0) is 9.31 Å². The molecule has 1 amide bonds. The van der Waals surface area contributed by atoms with Gasteiger partial charge in [0.05, 0.1) is 28.1 Å². The molecule has 0 aromatic heterocycles. The predicted octanol–water partition coefficient (Wildman–Crippen LogP) is 2.81. The molecule has 30 heavy (non-hydrogen) atoms. The molecule has 0 radical (unpaired) electrons. The second-order valence-electron chi connectivity index (χ2n) is 8.87. The number of hydrogen-bond donors (Lipinski definition) is 1. The van der Waals surface area contributed by atoms with Gasteiger partial charge >= 0.3 is 7.12 Å². The van der Waals surface area contributed by atoms with Gasteiger partial charge in [0.1, 0.15) is 5.82 Å². The molecular weight excluding hydrogens is 386 g/mol. The molecule has 1 N–H and O–H groups in total. The van der Waals surface area contributed by atoms with Crippen molar-refractivity contribution < 1.29 is 23.6 Å². The van der Waals surface area contributed by atoms with Crippen molar-refractivity contribution in [1.82, 2.24) is 0 Å². The van der Waals surface area contributed by atoms with E-state index in [0.29, 0.717) is 16.9 Å². The van der Waals surface area contributed by atoms with E-state index >= 15 is 0 Å². The first-order chi connectivity index (χ1) is 13.9. The average molecular weight is 412 g/mol. The summed E-state index contributed by atoms with van der Waals surface area (Å²) in [7, 11) is 1.03. The molecule has 8 heteroatoms. The number of fused-ring (bicyclic) bond motifs is 1. The first-order valence-corrected chi connectivity index (χ1v) is 9.94. The van der Waals surface area contributed by atoms with Crippen LogP contribution in [0.25, 0.3) is 0 Å². The number of anilines is 2. The molecule has 0 spiro atoms. The van der Waals surface area contributed by atoms with Gasteiger partial charge in [0, 0.05) is 7.05 Å². The van der Waals surface area contributed by atoms with E-state index in [1.807, 2.05) is 46.8 Å². The van der Waals surface area contributed by atoms with E-state index in [1.54, 1.807) is 13.1 Å². The van der Waals surface area contributed by atoms with E-state index < -0.39 is 36.4 Å². The molecule has 2 aromatic rings. The van der Waals surface area contributed by atoms with Gasteiger partial charge in [-0.05, 0) is 69.9 Å². The Balaban J connectivity index is 1.76. The highest BCUT2D eigenvalue weighted by Gasteiger charge is 2.52. The molecular formula is C22H26BFN2O4. The van der Waals surface area contributed by atoms with Gasteiger partial charge in [-0.1, -0.05) is 12.1 Å². The lowest BCUT2D eigenvalue weighted by atomic mass is 9.75. The van der Waals surface area contributed by atoms with Crippen LogP contribution in [0.5, 0.6) is 0 Å². The van der Waals surface area contributed by atoms with Crippen LogP contribution in [-0.4, -0.2) is 42.7 Å². The highest BCUT2D eigenvalue weighted by molar-refractivity contribution is 6.62. The van der Waals surface area contributed by atoms with Crippen LogP contribution in [0.15, 0.2) is 36.4 Å². The Morgan fingerprint density at radius 2 is 1.70 bits per heavy atom. The quantitative estimate of drug-likeness (QED) is 0.769. The van der Waals surface area contributed by atoms with Crippen LogP contribution in [0.1, 0.15) is 43.6 Å². The van der Waals surface area contributed by atoms with Gasteiger partial charge < -0.3 is 19.3 Å². The van der Waals surface area contributed by atoms with Crippen LogP contribution in [0.2, 0.25) is 0 Å². The third-order valence-electron chi connectivity index (χ3n) is 6.48. The summed E-state index contributed by atoms with van der Waals surface area (Å²) >= 11 is 0. The first kappa shape index (κ1) is 20.8. The second-order valence-corrected chi connectivity index (χ2v) is 8.87. The van der Waals surface area contributed by atoms with Crippen molar-refractivity contribution >= 4 is 29.9 Å². The zero-order chi connectivity index (χ0) is 22.0. The minimum atomic E-state index is -1.28. The van der Waals surface area contributed by atoms with Gasteiger partial charge in [0.15, 0.2) is 0 Å². The van der Waals surface area contributed by atoms with Gasteiger partial charge in [-0.2, -0.15) is 0 Å². The number of nitrogens with zero attached hydrogens (tertiary/aromatic N) is 2. The van der Waals surface area contributed by atoms with E-state index in [4.69, 9.17) is 9.31 Å². The number of aliphatic hydroxyl groups is 1. The predicted molar refractivity (Wildman–Crippen MR) is 115 cm³/mol. The van der Waals surface area contributed by atoms with Crippen molar-refractivity contribution in [1.29, 1.82) is 0 Å². The van der Waals surface area contributed by atoms with Crippen LogP contribution in [0.4, 0.5) is 15.8 Å². The molecule has 1 atom stereocenters. The Hall–Kier alpha value is -2.42. The number of carbonyl (C=O) groups excluding carboxylic acids is 1. The molecule has 6 nitrogen and oxygen atoms in total. The zero-order valence-corrected chi connectivity index (χ0v) is 18.1. The summed E-state index contributed by atoms with van der Waals surface area (Å²) in [6, 6.07) is 9.41. The summed E-state index contributed by atoms with van der Waals surface area (Å²) in [5.41, 5.74) is 1.78. The lowest BCUT2D eigenvalue weighted by Gasteiger charge is -2.41. The SMILES string of the molecule is Cc1c(B2OC(C)(C)C(C)(C)O2)cccc1N1C(=O)c2ccc(F)cc2N(C)C1O. The van der Waals surface area contributed by atoms with Crippen LogP contribution < -0.4 is 15.3 Å². The number of aliphatic hydroxyl groups excluding tert-OH is 1. The molecule has 0 saturated carbocycles. The third kappa shape index (κ3) is 3.02. The Morgan fingerprint density at radius 3 is 2.33 bits per heavy atom. The standard InChI is InChI=1S/C22H26BFN2O4/c1-13-16(23-29-21(2,3)22(4,5)30-23)8-7-9-17(13)26-19(27)15-11-10-14(24)12-18(15)25(6)20(26)28/h7-12,20,28H,1-6H3. The maximum absolute atomic E-state index is 13.7. The fourth-order valence-corrected chi connectivity index (χ4v) is 3.87. The molecule has 158 valence electrons. The molecule has 1 unspecified atom stereocenters. The van der Waals surface area contributed by atoms with Crippen LogP contribution in [0, 0.1) is 12.7 Å². The molecule has 2 heterocycles. The third-order valence-corrected chi connectivity index (χ3v) is 6.48. The van der Waals surface area contributed by atoms with E-state index in [1.165, 1.54) is 28.0 Å². The molecule has 1 saturated heterocycles. The highest BCUT2D eigenvalue weighted by Crippen LogP contribution is 2.38. The number of hydrogen-bond acceptors (Lipinski definition) is 5. The summed E-state index contributed by atoms with van der Waals surface area (Å²) in [6.07, 6.45) is -1.28. The summed E-state index contributed by atoms with van der Waals surface area (Å²) in [4.78, 5) is 16.0. The summed E-state index contributed by atoms with van der Waals surface area (Å²) in [5.74, 6) is -0.863. The lowest BCUT2D eigenvalue weighted by molar-refractivity contribution is 0.00578. The number of carbonyl (C=O) groups is 1. The largest absolute Gasteiger partial charge is 0.495 e. The number of halogens is 1. The fraction of sp³-hybridized carbons (Fsp3) is 0.409. The van der Waals surface area contributed by atoms with Crippen molar-refractivity contribution in [2.24, 2.45) is 0 Å². The Kier molecular flexibility index (Phi) is 4.72. The fourth-order valence-electron chi connectivity index (χ4n) is 3.87. The van der Waals surface area contributed by atoms with Crippen molar-refractivity contribution in [3.63, 3.8) is 0 Å². The molecule has 2 aromatic carbocycles. The number of rotatable bonds is 2. The van der Waals surface area contributed by atoms with E-state index in [2.05, 4.69) is 0 Å². The highest BCUT2D eigenvalue weighted by atomic mass is 19.1. The topological polar surface area (TPSA) is 62.2 Å². The summed E-state index contributed by atoms with van der Waals surface area (Å²) in [5, 5.41) is 10.9. The maximum atomic E-state index is 13.7. The Labute approximate surface area is 176 Å². The molecule has 2 aliphatic rings. The minimum Gasteiger partial charge on any atom is -0.399 e. The normalized spacial score (nSPS) is 22.5. The van der Waals surface area contributed by atoms with Crippen molar-refractivity contribution in [2.75, 3.05) is 16.8 Å². The maximum Gasteiger partial charge on any atom is 0.495 e. The number of amides is 1. The summed E-state index contributed by atoms with van der Waals surface area (Å²) in [6.45, 7) is 9.80. The van der Waals surface area contributed by atoms with Gasteiger partial charge in [-0.25, -0.2) is 4.39 Å². The average Bonchev–Trinajstić information content (AvgIpc) is 2.88. The summed E-state index contributed by atoms with van der Waals surface area (Å²) < 4.78 is 26.1. The Bertz CT molecular complexity index is 1010. The van der Waals surface area contributed by atoms with Gasteiger partial charge in [0.25, 0.3) is 5.91 Å².